The molecule has 30 heavy (non-hydrogen) atoms. The van der Waals surface area contributed by atoms with E-state index in [1.54, 1.807) is 30.6 Å². The van der Waals surface area contributed by atoms with Crippen molar-refractivity contribution in [2.45, 2.75) is 19.9 Å². The van der Waals surface area contributed by atoms with E-state index < -0.39 is 6.04 Å². The van der Waals surface area contributed by atoms with Crippen LogP contribution in [0, 0.1) is 6.92 Å². The average Bonchev–Trinajstić information content (AvgIpc) is 2.75. The van der Waals surface area contributed by atoms with Crippen LogP contribution in [-0.2, 0) is 0 Å². The zero-order valence-corrected chi connectivity index (χ0v) is 16.8. The van der Waals surface area contributed by atoms with Crippen LogP contribution >= 0.6 is 0 Å². The van der Waals surface area contributed by atoms with Crippen molar-refractivity contribution in [2.75, 3.05) is 11.9 Å². The number of aromatic hydroxyl groups is 2. The van der Waals surface area contributed by atoms with Crippen LogP contribution in [0.3, 0.4) is 0 Å². The second-order valence-electron chi connectivity index (χ2n) is 7.03. The summed E-state index contributed by atoms with van der Waals surface area (Å²) in [5.74, 6) is 1.23. The number of nitrogens with one attached hydrogen (secondary N) is 1. The lowest BCUT2D eigenvalue weighted by atomic mass is 9.95. The zero-order valence-electron chi connectivity index (χ0n) is 16.8. The number of hydrogen-bond acceptors (Lipinski definition) is 6. The summed E-state index contributed by atoms with van der Waals surface area (Å²) in [6, 6.07) is 16.1. The smallest absolute Gasteiger partial charge is 0.161 e. The largest absolute Gasteiger partial charge is 0.505 e. The van der Waals surface area contributed by atoms with Crippen molar-refractivity contribution in [3.05, 3.63) is 83.7 Å². The molecule has 1 unspecified atom stereocenters. The summed E-state index contributed by atoms with van der Waals surface area (Å²) in [6.45, 7) is 4.28. The van der Waals surface area contributed by atoms with Crippen LogP contribution in [0.2, 0.25) is 0 Å². The molecule has 0 saturated heterocycles. The number of phenolic OH excluding ortho intramolecular Hbond substituents is 2. The van der Waals surface area contributed by atoms with Gasteiger partial charge in [-0.1, -0.05) is 24.3 Å². The van der Waals surface area contributed by atoms with E-state index in [2.05, 4.69) is 15.3 Å². The van der Waals surface area contributed by atoms with Crippen LogP contribution in [-0.4, -0.2) is 26.8 Å². The second kappa shape index (κ2) is 8.29. The number of anilines is 1. The highest BCUT2D eigenvalue weighted by molar-refractivity contribution is 5.86. The minimum absolute atomic E-state index is 0.0671. The molecule has 4 aromatic rings. The van der Waals surface area contributed by atoms with Gasteiger partial charge in [-0.15, -0.1) is 0 Å². The van der Waals surface area contributed by atoms with E-state index in [0.717, 1.165) is 16.5 Å². The van der Waals surface area contributed by atoms with E-state index in [-0.39, 0.29) is 11.5 Å². The van der Waals surface area contributed by atoms with Gasteiger partial charge in [0.05, 0.1) is 12.6 Å². The monoisotopic (exact) mass is 401 g/mol. The Morgan fingerprint density at radius 2 is 1.87 bits per heavy atom. The zero-order chi connectivity index (χ0) is 21.1. The summed E-state index contributed by atoms with van der Waals surface area (Å²) in [5, 5.41) is 25.4. The second-order valence-corrected chi connectivity index (χ2v) is 7.03. The fourth-order valence-corrected chi connectivity index (χ4v) is 3.46. The Hall–Kier alpha value is -3.80. The lowest BCUT2D eigenvalue weighted by molar-refractivity contribution is 0.317. The minimum Gasteiger partial charge on any atom is -0.505 e. The Kier molecular flexibility index (Phi) is 5.39. The van der Waals surface area contributed by atoms with Gasteiger partial charge in [-0.05, 0) is 55.3 Å². The van der Waals surface area contributed by atoms with Crippen molar-refractivity contribution in [1.82, 2.24) is 9.97 Å². The Morgan fingerprint density at radius 3 is 2.67 bits per heavy atom. The first kappa shape index (κ1) is 19.5. The lowest BCUT2D eigenvalue weighted by Gasteiger charge is -2.23. The maximum absolute atomic E-state index is 11.0. The van der Waals surface area contributed by atoms with E-state index in [1.165, 1.54) is 0 Å². The van der Waals surface area contributed by atoms with Crippen molar-refractivity contribution in [3.8, 4) is 17.2 Å². The molecule has 6 heteroatoms. The van der Waals surface area contributed by atoms with Gasteiger partial charge in [-0.25, -0.2) is 4.98 Å². The molecule has 0 spiro atoms. The molecule has 0 amide bonds. The highest BCUT2D eigenvalue weighted by atomic mass is 16.5. The third-order valence-electron chi connectivity index (χ3n) is 4.91. The third-order valence-corrected chi connectivity index (χ3v) is 4.91. The van der Waals surface area contributed by atoms with Gasteiger partial charge in [0, 0.05) is 23.3 Å². The van der Waals surface area contributed by atoms with E-state index in [0.29, 0.717) is 29.3 Å². The van der Waals surface area contributed by atoms with Crippen LogP contribution < -0.4 is 10.1 Å². The predicted octanol–water partition coefficient (Wildman–Crippen LogP) is 4.95. The van der Waals surface area contributed by atoms with Crippen LogP contribution in [0.25, 0.3) is 10.9 Å². The molecule has 0 aliphatic carbocycles. The van der Waals surface area contributed by atoms with Crippen molar-refractivity contribution < 1.29 is 14.9 Å². The average molecular weight is 401 g/mol. The number of pyridine rings is 2. The maximum Gasteiger partial charge on any atom is 0.161 e. The molecule has 0 bridgehead atoms. The number of fused-ring (bicyclic) bond motifs is 1. The fourth-order valence-electron chi connectivity index (χ4n) is 3.46. The van der Waals surface area contributed by atoms with E-state index in [9.17, 15) is 10.2 Å². The molecule has 3 N–H and O–H groups in total. The summed E-state index contributed by atoms with van der Waals surface area (Å²) in [6.07, 6.45) is 3.39. The maximum atomic E-state index is 11.0. The Balaban J connectivity index is 1.86. The topological polar surface area (TPSA) is 87.5 Å². The summed E-state index contributed by atoms with van der Waals surface area (Å²) in [5.41, 5.74) is 3.06. The van der Waals surface area contributed by atoms with Gasteiger partial charge in [-0.3, -0.25) is 4.98 Å². The summed E-state index contributed by atoms with van der Waals surface area (Å²) >= 11 is 0. The standard InChI is InChI=1S/C24H23N3O3/c1-3-30-20-14-17(7-9-19(20)28)22(27-21-13-15(2)10-12-25-21)18-8-6-16-5-4-11-26-23(16)24(18)29/h4-14,22,28-29H,3H2,1-2H3,(H,25,27). The van der Waals surface area contributed by atoms with Gasteiger partial charge in [0.2, 0.25) is 0 Å². The summed E-state index contributed by atoms with van der Waals surface area (Å²) in [7, 11) is 0. The molecule has 0 radical (unpaired) electrons. The molecular weight excluding hydrogens is 378 g/mol. The number of rotatable bonds is 6. The normalized spacial score (nSPS) is 11.9. The number of nitrogens with zero attached hydrogens (tertiary/aromatic N) is 2. The number of hydrogen-bond donors (Lipinski definition) is 3. The molecular formula is C24H23N3O3. The number of aryl methyl sites for hydroxylation is 1. The molecule has 6 nitrogen and oxygen atoms in total. The van der Waals surface area contributed by atoms with Crippen LogP contribution in [0.1, 0.15) is 29.7 Å². The number of ether oxygens (including phenoxy) is 1. The van der Waals surface area contributed by atoms with Crippen LogP contribution in [0.15, 0.2) is 67.0 Å². The molecule has 0 saturated carbocycles. The molecule has 152 valence electrons. The van der Waals surface area contributed by atoms with Gasteiger partial charge < -0.3 is 20.3 Å². The summed E-state index contributed by atoms with van der Waals surface area (Å²) in [4.78, 5) is 8.75. The van der Waals surface area contributed by atoms with Crippen molar-refractivity contribution >= 4 is 16.7 Å². The molecule has 0 fully saturated rings. The minimum atomic E-state index is -0.439. The quantitative estimate of drug-likeness (QED) is 0.424. The Bertz CT molecular complexity index is 1190. The highest BCUT2D eigenvalue weighted by Crippen LogP contribution is 2.38. The van der Waals surface area contributed by atoms with Gasteiger partial charge in [0.25, 0.3) is 0 Å². The van der Waals surface area contributed by atoms with E-state index >= 15 is 0 Å². The Morgan fingerprint density at radius 1 is 1.00 bits per heavy atom. The summed E-state index contributed by atoms with van der Waals surface area (Å²) < 4.78 is 5.56. The first-order valence-electron chi connectivity index (χ1n) is 9.78. The van der Waals surface area contributed by atoms with Gasteiger partial charge in [-0.2, -0.15) is 0 Å². The van der Waals surface area contributed by atoms with E-state index in [4.69, 9.17) is 4.74 Å². The molecule has 2 aromatic heterocycles. The van der Waals surface area contributed by atoms with Gasteiger partial charge in [0.15, 0.2) is 11.5 Å². The van der Waals surface area contributed by atoms with Crippen molar-refractivity contribution in [1.29, 1.82) is 0 Å². The SMILES string of the molecule is CCOc1cc(C(Nc2cc(C)ccn2)c2ccc3cccnc3c2O)ccc1O. The molecule has 0 aliphatic heterocycles. The van der Waals surface area contributed by atoms with Crippen molar-refractivity contribution in [3.63, 3.8) is 0 Å². The number of aromatic nitrogens is 2. The van der Waals surface area contributed by atoms with Gasteiger partial charge in [0.1, 0.15) is 17.1 Å². The predicted molar refractivity (Wildman–Crippen MR) is 117 cm³/mol. The molecule has 2 aromatic carbocycles. The lowest BCUT2D eigenvalue weighted by Crippen LogP contribution is -2.14. The number of benzene rings is 2. The molecule has 2 heterocycles. The highest BCUT2D eigenvalue weighted by Gasteiger charge is 2.22. The first-order valence-corrected chi connectivity index (χ1v) is 9.78. The molecule has 1 atom stereocenters. The molecule has 0 aliphatic rings. The van der Waals surface area contributed by atoms with Gasteiger partial charge >= 0.3 is 0 Å². The van der Waals surface area contributed by atoms with Crippen LogP contribution in [0.4, 0.5) is 5.82 Å². The number of phenols is 2. The third kappa shape index (κ3) is 3.85. The van der Waals surface area contributed by atoms with E-state index in [1.807, 2.05) is 50.2 Å². The molecule has 4 rings (SSSR count). The Labute approximate surface area is 174 Å². The fraction of sp³-hybridized carbons (Fsp3) is 0.167. The van der Waals surface area contributed by atoms with Crippen molar-refractivity contribution in [2.24, 2.45) is 0 Å². The first-order chi connectivity index (χ1) is 14.6. The van der Waals surface area contributed by atoms with Crippen LogP contribution in [0.5, 0.6) is 17.2 Å².